The first-order valence-corrected chi connectivity index (χ1v) is 6.83. The van der Waals surface area contributed by atoms with Crippen LogP contribution in [0.5, 0.6) is 0 Å². The number of pyridine rings is 1. The van der Waals surface area contributed by atoms with Gasteiger partial charge < -0.3 is 10.6 Å². The van der Waals surface area contributed by atoms with Crippen LogP contribution in [-0.4, -0.2) is 24.0 Å². The first-order valence-electron chi connectivity index (χ1n) is 6.04. The van der Waals surface area contributed by atoms with Crippen LogP contribution in [0.1, 0.15) is 10.4 Å². The Hall–Kier alpha value is -1.88. The van der Waals surface area contributed by atoms with E-state index in [9.17, 15) is 4.79 Å². The lowest BCUT2D eigenvalue weighted by atomic mass is 10.1. The molecule has 0 radical (unpaired) electrons. The monoisotopic (exact) mass is 317 g/mol. The lowest BCUT2D eigenvalue weighted by Gasteiger charge is -2.09. The van der Waals surface area contributed by atoms with Crippen molar-refractivity contribution in [3.05, 3.63) is 46.4 Å². The van der Waals surface area contributed by atoms with E-state index in [0.29, 0.717) is 24.5 Å². The molecular weight excluding hydrogens is 306 g/mol. The van der Waals surface area contributed by atoms with Gasteiger partial charge in [-0.3, -0.25) is 4.79 Å². The van der Waals surface area contributed by atoms with Crippen LogP contribution in [0.15, 0.2) is 40.9 Å². The fourth-order valence-corrected chi connectivity index (χ4v) is 2.54. The molecule has 2 aromatic rings. The number of hydrogen-bond acceptors (Lipinski definition) is 3. The Balaban J connectivity index is 2.09. The van der Waals surface area contributed by atoms with Gasteiger partial charge in [0.15, 0.2) is 0 Å². The van der Waals surface area contributed by atoms with Gasteiger partial charge in [0.1, 0.15) is 5.82 Å². The number of nitrogens with zero attached hydrogens (tertiary/aromatic N) is 1. The van der Waals surface area contributed by atoms with Gasteiger partial charge >= 0.3 is 0 Å². The maximum atomic E-state index is 11.8. The van der Waals surface area contributed by atoms with Crippen LogP contribution in [-0.2, 0) is 0 Å². The Morgan fingerprint density at radius 2 is 1.79 bits per heavy atom. The number of carbonyl (C=O) groups excluding carboxylic acids is 1. The summed E-state index contributed by atoms with van der Waals surface area (Å²) in [5.41, 5.74) is 2.44. The Bertz CT molecular complexity index is 642. The van der Waals surface area contributed by atoms with Crippen LogP contribution in [0.25, 0.3) is 11.3 Å². The summed E-state index contributed by atoms with van der Waals surface area (Å²) in [6.07, 6.45) is 0. The lowest BCUT2D eigenvalue weighted by molar-refractivity contribution is 0.0958. The fourth-order valence-electron chi connectivity index (χ4n) is 2.05. The van der Waals surface area contributed by atoms with Crippen molar-refractivity contribution in [2.45, 2.75) is 0 Å². The molecule has 1 aromatic heterocycles. The van der Waals surface area contributed by atoms with Gasteiger partial charge in [0, 0.05) is 23.1 Å². The third-order valence-electron chi connectivity index (χ3n) is 2.99. The van der Waals surface area contributed by atoms with Crippen molar-refractivity contribution >= 4 is 27.7 Å². The van der Waals surface area contributed by atoms with Crippen molar-refractivity contribution in [1.29, 1.82) is 0 Å². The number of fused-ring (bicyclic) bond motifs is 1. The van der Waals surface area contributed by atoms with Crippen molar-refractivity contribution < 1.29 is 4.79 Å². The second kappa shape index (κ2) is 5.01. The van der Waals surface area contributed by atoms with Crippen LogP contribution in [0.4, 0.5) is 5.82 Å². The minimum atomic E-state index is -0.0776. The van der Waals surface area contributed by atoms with Crippen LogP contribution >= 0.6 is 15.9 Å². The molecule has 0 unspecified atom stereocenters. The molecule has 0 fully saturated rings. The van der Waals surface area contributed by atoms with Crippen LogP contribution < -0.4 is 10.6 Å². The molecule has 0 aliphatic carbocycles. The Kier molecular flexibility index (Phi) is 3.21. The van der Waals surface area contributed by atoms with Gasteiger partial charge in [-0.15, -0.1) is 0 Å². The van der Waals surface area contributed by atoms with Crippen LogP contribution in [0, 0.1) is 0 Å². The normalized spacial score (nSPS) is 14.1. The number of anilines is 1. The molecule has 0 atom stereocenters. The smallest absolute Gasteiger partial charge is 0.255 e. The summed E-state index contributed by atoms with van der Waals surface area (Å²) in [5.74, 6) is 0.564. The number of nitrogens with one attached hydrogen (secondary N) is 2. The summed E-state index contributed by atoms with van der Waals surface area (Å²) in [7, 11) is 0. The van der Waals surface area contributed by atoms with Crippen molar-refractivity contribution in [2.75, 3.05) is 18.4 Å². The molecule has 2 N–H and O–H groups in total. The second-order valence-electron chi connectivity index (χ2n) is 4.26. The molecule has 1 amide bonds. The summed E-state index contributed by atoms with van der Waals surface area (Å²) < 4.78 is 0.987. The zero-order valence-corrected chi connectivity index (χ0v) is 11.7. The van der Waals surface area contributed by atoms with Gasteiger partial charge in [-0.1, -0.05) is 34.1 Å². The summed E-state index contributed by atoms with van der Waals surface area (Å²) in [5, 5.41) is 6.00. The van der Waals surface area contributed by atoms with E-state index in [1.165, 1.54) is 0 Å². The molecule has 5 heteroatoms. The molecule has 96 valence electrons. The molecule has 3 rings (SSSR count). The average molecular weight is 318 g/mol. The van der Waals surface area contributed by atoms with E-state index in [-0.39, 0.29) is 5.91 Å². The number of carbonyl (C=O) groups is 1. The number of aromatic nitrogens is 1. The largest absolute Gasteiger partial charge is 0.368 e. The number of amides is 1. The van der Waals surface area contributed by atoms with Gasteiger partial charge in [-0.25, -0.2) is 4.98 Å². The molecule has 2 heterocycles. The molecule has 1 aromatic carbocycles. The lowest BCUT2D eigenvalue weighted by Crippen LogP contribution is -2.24. The molecule has 0 spiro atoms. The highest BCUT2D eigenvalue weighted by molar-refractivity contribution is 9.10. The number of rotatable bonds is 1. The standard InChI is InChI=1S/C14H12BrN3O/c15-11-4-2-1-3-9(11)12-6-5-10-13(18-12)16-7-8-17-14(10)19/h1-6H,7-8H2,(H,16,18)(H,17,19). The highest BCUT2D eigenvalue weighted by Gasteiger charge is 2.17. The van der Waals surface area contributed by atoms with E-state index in [1.54, 1.807) is 0 Å². The third-order valence-corrected chi connectivity index (χ3v) is 3.68. The quantitative estimate of drug-likeness (QED) is 0.850. The van der Waals surface area contributed by atoms with E-state index >= 15 is 0 Å². The maximum absolute atomic E-state index is 11.8. The molecule has 0 bridgehead atoms. The van der Waals surface area contributed by atoms with Crippen molar-refractivity contribution in [3.63, 3.8) is 0 Å². The zero-order valence-electron chi connectivity index (χ0n) is 10.1. The topological polar surface area (TPSA) is 54.0 Å². The van der Waals surface area contributed by atoms with Gasteiger partial charge in [0.2, 0.25) is 0 Å². The first kappa shape index (κ1) is 12.2. The van der Waals surface area contributed by atoms with Crippen molar-refractivity contribution in [2.24, 2.45) is 0 Å². The van der Waals surface area contributed by atoms with Crippen molar-refractivity contribution in [1.82, 2.24) is 10.3 Å². The Morgan fingerprint density at radius 1 is 1.00 bits per heavy atom. The molecule has 4 nitrogen and oxygen atoms in total. The predicted molar refractivity (Wildman–Crippen MR) is 78.2 cm³/mol. The summed E-state index contributed by atoms with van der Waals surface area (Å²) in [6.45, 7) is 1.30. The zero-order chi connectivity index (χ0) is 13.2. The Morgan fingerprint density at radius 3 is 2.63 bits per heavy atom. The fraction of sp³-hybridized carbons (Fsp3) is 0.143. The molecule has 0 saturated carbocycles. The van der Waals surface area contributed by atoms with Crippen LogP contribution in [0.3, 0.4) is 0 Å². The molecule has 1 aliphatic rings. The molecule has 0 saturated heterocycles. The molecule has 1 aliphatic heterocycles. The predicted octanol–water partition coefficient (Wildman–Crippen LogP) is 2.67. The van der Waals surface area contributed by atoms with Gasteiger partial charge in [0.25, 0.3) is 5.91 Å². The minimum absolute atomic E-state index is 0.0776. The SMILES string of the molecule is O=C1NCCNc2nc(-c3ccccc3Br)ccc21. The third kappa shape index (κ3) is 2.33. The highest BCUT2D eigenvalue weighted by atomic mass is 79.9. The summed E-state index contributed by atoms with van der Waals surface area (Å²) in [4.78, 5) is 16.4. The van der Waals surface area contributed by atoms with Gasteiger partial charge in [-0.05, 0) is 18.2 Å². The highest BCUT2D eigenvalue weighted by Crippen LogP contribution is 2.28. The van der Waals surface area contributed by atoms with Crippen molar-refractivity contribution in [3.8, 4) is 11.3 Å². The number of benzene rings is 1. The number of hydrogen-bond donors (Lipinski definition) is 2. The van der Waals surface area contributed by atoms with E-state index in [0.717, 1.165) is 15.7 Å². The van der Waals surface area contributed by atoms with E-state index < -0.39 is 0 Å². The number of halogens is 1. The van der Waals surface area contributed by atoms with E-state index in [2.05, 4.69) is 31.5 Å². The van der Waals surface area contributed by atoms with Gasteiger partial charge in [0.05, 0.1) is 11.3 Å². The molecule has 19 heavy (non-hydrogen) atoms. The molecular formula is C14H12BrN3O. The van der Waals surface area contributed by atoms with E-state index in [4.69, 9.17) is 0 Å². The minimum Gasteiger partial charge on any atom is -0.368 e. The Labute approximate surface area is 119 Å². The summed E-state index contributed by atoms with van der Waals surface area (Å²) in [6, 6.07) is 11.6. The van der Waals surface area contributed by atoms with Crippen LogP contribution in [0.2, 0.25) is 0 Å². The van der Waals surface area contributed by atoms with E-state index in [1.807, 2.05) is 36.4 Å². The maximum Gasteiger partial charge on any atom is 0.255 e. The second-order valence-corrected chi connectivity index (χ2v) is 5.11. The average Bonchev–Trinajstić information content (AvgIpc) is 2.61. The summed E-state index contributed by atoms with van der Waals surface area (Å²) >= 11 is 3.52. The first-order chi connectivity index (χ1) is 9.25. The van der Waals surface area contributed by atoms with Gasteiger partial charge in [-0.2, -0.15) is 0 Å².